The Hall–Kier alpha value is -2.69. The maximum atomic E-state index is 11.0. The van der Waals surface area contributed by atoms with Gasteiger partial charge in [-0.15, -0.1) is 0 Å². The highest BCUT2D eigenvalue weighted by atomic mass is 16.5. The van der Waals surface area contributed by atoms with Crippen molar-refractivity contribution in [1.82, 2.24) is 0 Å². The minimum atomic E-state index is -1.01. The van der Waals surface area contributed by atoms with Gasteiger partial charge in [0.15, 0.2) is 11.5 Å². The summed E-state index contributed by atoms with van der Waals surface area (Å²) < 4.78 is 16.4. The van der Waals surface area contributed by atoms with Crippen molar-refractivity contribution >= 4 is 5.97 Å². The number of benzene rings is 2. The summed E-state index contributed by atoms with van der Waals surface area (Å²) in [7, 11) is 1.51. The number of carboxylic acids is 1. The highest BCUT2D eigenvalue weighted by Crippen LogP contribution is 2.28. The molecule has 5 nitrogen and oxygen atoms in total. The van der Waals surface area contributed by atoms with E-state index in [0.717, 1.165) is 5.75 Å². The van der Waals surface area contributed by atoms with Crippen molar-refractivity contribution in [1.29, 1.82) is 0 Å². The van der Waals surface area contributed by atoms with Gasteiger partial charge in [0.25, 0.3) is 0 Å². The molecule has 0 aliphatic heterocycles. The molecule has 5 heteroatoms. The van der Waals surface area contributed by atoms with Crippen LogP contribution >= 0.6 is 0 Å². The van der Waals surface area contributed by atoms with E-state index >= 15 is 0 Å². The molecule has 1 N–H and O–H groups in total. The van der Waals surface area contributed by atoms with Crippen molar-refractivity contribution in [2.24, 2.45) is 0 Å². The molecule has 0 bridgehead atoms. The van der Waals surface area contributed by atoms with Crippen molar-refractivity contribution in [3.05, 3.63) is 53.6 Å². The number of hydrogen-bond acceptors (Lipinski definition) is 4. The minimum Gasteiger partial charge on any atom is -0.493 e. The molecule has 0 aromatic heterocycles. The number of carbonyl (C=O) groups is 1. The van der Waals surface area contributed by atoms with Crippen molar-refractivity contribution in [2.75, 3.05) is 20.3 Å². The molecule has 2 aromatic carbocycles. The monoisotopic (exact) mass is 330 g/mol. The summed E-state index contributed by atoms with van der Waals surface area (Å²) in [6.07, 6.45) is 0. The van der Waals surface area contributed by atoms with Gasteiger partial charge < -0.3 is 19.3 Å². The predicted molar refractivity (Wildman–Crippen MR) is 91.5 cm³/mol. The number of methoxy groups -OCH3 is 1. The van der Waals surface area contributed by atoms with Gasteiger partial charge in [0, 0.05) is 0 Å². The molecule has 0 saturated heterocycles. The van der Waals surface area contributed by atoms with E-state index in [1.165, 1.54) is 24.8 Å². The molecular weight excluding hydrogens is 308 g/mol. The molecule has 128 valence electrons. The molecule has 0 atom stereocenters. The molecule has 2 aromatic rings. The summed E-state index contributed by atoms with van der Waals surface area (Å²) in [4.78, 5) is 11.0. The van der Waals surface area contributed by atoms with Crippen molar-refractivity contribution < 1.29 is 24.1 Å². The summed E-state index contributed by atoms with van der Waals surface area (Å²) in [5, 5.41) is 9.03. The van der Waals surface area contributed by atoms with Crippen LogP contribution < -0.4 is 14.2 Å². The first-order valence-electron chi connectivity index (χ1n) is 7.78. The average Bonchev–Trinajstić information content (AvgIpc) is 2.58. The summed E-state index contributed by atoms with van der Waals surface area (Å²) in [5.41, 5.74) is 1.41. The first kappa shape index (κ1) is 17.7. The highest BCUT2D eigenvalue weighted by molar-refractivity contribution is 5.88. The zero-order valence-electron chi connectivity index (χ0n) is 14.1. The van der Waals surface area contributed by atoms with Gasteiger partial charge in [-0.2, -0.15) is 0 Å². The fourth-order valence-corrected chi connectivity index (χ4v) is 2.18. The Kier molecular flexibility index (Phi) is 6.07. The van der Waals surface area contributed by atoms with Crippen LogP contribution in [-0.4, -0.2) is 31.4 Å². The number of carboxylic acid groups (broad SMARTS) is 1. The third-order valence-electron chi connectivity index (χ3n) is 3.57. The van der Waals surface area contributed by atoms with E-state index in [1.54, 1.807) is 6.07 Å². The van der Waals surface area contributed by atoms with Crippen LogP contribution in [0, 0.1) is 0 Å². The second-order valence-electron chi connectivity index (χ2n) is 5.59. The van der Waals surface area contributed by atoms with Gasteiger partial charge in [-0.1, -0.05) is 26.0 Å². The van der Waals surface area contributed by atoms with Gasteiger partial charge in [0.1, 0.15) is 19.0 Å². The largest absolute Gasteiger partial charge is 0.493 e. The van der Waals surface area contributed by atoms with Crippen molar-refractivity contribution in [2.45, 2.75) is 19.8 Å². The summed E-state index contributed by atoms with van der Waals surface area (Å²) in [5.74, 6) is 1.12. The van der Waals surface area contributed by atoms with E-state index in [1.807, 2.05) is 24.3 Å². The summed E-state index contributed by atoms with van der Waals surface area (Å²) in [6, 6.07) is 12.4. The van der Waals surface area contributed by atoms with Gasteiger partial charge in [-0.25, -0.2) is 4.79 Å². The fourth-order valence-electron chi connectivity index (χ4n) is 2.18. The Bertz CT molecular complexity index is 677. The van der Waals surface area contributed by atoms with Gasteiger partial charge in [0.2, 0.25) is 0 Å². The average molecular weight is 330 g/mol. The molecule has 0 heterocycles. The lowest BCUT2D eigenvalue weighted by Gasteiger charge is -2.12. The van der Waals surface area contributed by atoms with Crippen LogP contribution in [0.5, 0.6) is 17.2 Å². The van der Waals surface area contributed by atoms with Crippen LogP contribution in [0.25, 0.3) is 0 Å². The van der Waals surface area contributed by atoms with Gasteiger partial charge in [-0.05, 0) is 41.8 Å². The number of hydrogen-bond donors (Lipinski definition) is 1. The number of ether oxygens (including phenoxy) is 3. The van der Waals surface area contributed by atoms with Gasteiger partial charge in [0.05, 0.1) is 12.7 Å². The SMILES string of the molecule is COc1ccc(C(=O)O)cc1OCCOc1ccc(C(C)C)cc1. The van der Waals surface area contributed by atoms with Crippen LogP contribution in [0.1, 0.15) is 35.7 Å². The van der Waals surface area contributed by atoms with E-state index in [9.17, 15) is 4.79 Å². The molecule has 0 fully saturated rings. The fraction of sp³-hybridized carbons (Fsp3) is 0.316. The van der Waals surface area contributed by atoms with Crippen molar-refractivity contribution in [3.8, 4) is 17.2 Å². The standard InChI is InChI=1S/C19H22O5/c1-13(2)14-4-7-16(8-5-14)23-10-11-24-18-12-15(19(20)21)6-9-17(18)22-3/h4-9,12-13H,10-11H2,1-3H3,(H,20,21). The van der Waals surface area contributed by atoms with Crippen LogP contribution in [0.15, 0.2) is 42.5 Å². The topological polar surface area (TPSA) is 65.0 Å². The maximum Gasteiger partial charge on any atom is 0.335 e. The van der Waals surface area contributed by atoms with E-state index in [0.29, 0.717) is 24.0 Å². The Balaban J connectivity index is 1.89. The Morgan fingerprint density at radius 2 is 1.67 bits per heavy atom. The van der Waals surface area contributed by atoms with Crippen LogP contribution in [0.3, 0.4) is 0 Å². The van der Waals surface area contributed by atoms with E-state index in [-0.39, 0.29) is 12.2 Å². The molecule has 2 rings (SSSR count). The van der Waals surface area contributed by atoms with Gasteiger partial charge in [-0.3, -0.25) is 0 Å². The molecule has 0 amide bonds. The molecular formula is C19H22O5. The van der Waals surface area contributed by atoms with Gasteiger partial charge >= 0.3 is 5.97 Å². The Morgan fingerprint density at radius 3 is 2.25 bits per heavy atom. The maximum absolute atomic E-state index is 11.0. The lowest BCUT2D eigenvalue weighted by Crippen LogP contribution is -2.10. The quantitative estimate of drug-likeness (QED) is 0.742. The van der Waals surface area contributed by atoms with E-state index in [4.69, 9.17) is 19.3 Å². The molecule has 0 aliphatic carbocycles. The lowest BCUT2D eigenvalue weighted by atomic mass is 10.0. The normalized spacial score (nSPS) is 10.5. The zero-order chi connectivity index (χ0) is 17.5. The molecule has 0 saturated carbocycles. The van der Waals surface area contributed by atoms with Crippen LogP contribution in [0.4, 0.5) is 0 Å². The van der Waals surface area contributed by atoms with Crippen LogP contribution in [-0.2, 0) is 0 Å². The Morgan fingerprint density at radius 1 is 1.00 bits per heavy atom. The number of aromatic carboxylic acids is 1. The lowest BCUT2D eigenvalue weighted by molar-refractivity contribution is 0.0696. The first-order chi connectivity index (χ1) is 11.5. The highest BCUT2D eigenvalue weighted by Gasteiger charge is 2.10. The van der Waals surface area contributed by atoms with E-state index in [2.05, 4.69) is 13.8 Å². The smallest absolute Gasteiger partial charge is 0.335 e. The molecule has 0 aliphatic rings. The van der Waals surface area contributed by atoms with Crippen LogP contribution in [0.2, 0.25) is 0 Å². The van der Waals surface area contributed by atoms with E-state index < -0.39 is 5.97 Å². The third kappa shape index (κ3) is 4.65. The zero-order valence-corrected chi connectivity index (χ0v) is 14.1. The predicted octanol–water partition coefficient (Wildman–Crippen LogP) is 3.97. The molecule has 0 unspecified atom stereocenters. The second kappa shape index (κ2) is 8.24. The summed E-state index contributed by atoms with van der Waals surface area (Å²) >= 11 is 0. The summed E-state index contributed by atoms with van der Waals surface area (Å²) in [6.45, 7) is 4.91. The minimum absolute atomic E-state index is 0.149. The molecule has 0 radical (unpaired) electrons. The first-order valence-corrected chi connectivity index (χ1v) is 7.78. The van der Waals surface area contributed by atoms with Crippen molar-refractivity contribution in [3.63, 3.8) is 0 Å². The number of rotatable bonds is 8. The Labute approximate surface area is 141 Å². The second-order valence-corrected chi connectivity index (χ2v) is 5.59. The molecule has 24 heavy (non-hydrogen) atoms. The third-order valence-corrected chi connectivity index (χ3v) is 3.57. The molecule has 0 spiro atoms.